The number of anilines is 1. The average Bonchev–Trinajstić information content (AvgIpc) is 2.90. The van der Waals surface area contributed by atoms with Crippen molar-refractivity contribution in [1.29, 1.82) is 0 Å². The minimum atomic E-state index is -4.10. The van der Waals surface area contributed by atoms with Crippen molar-refractivity contribution >= 4 is 43.5 Å². The zero-order chi connectivity index (χ0) is 28.7. The number of hydrogen-bond acceptors (Lipinski definition) is 4. The Morgan fingerprint density at radius 1 is 0.923 bits per heavy atom. The first-order chi connectivity index (χ1) is 18.4. The highest BCUT2D eigenvalue weighted by molar-refractivity contribution is 9.10. The van der Waals surface area contributed by atoms with Crippen molar-refractivity contribution in [3.05, 3.63) is 94.0 Å². The van der Waals surface area contributed by atoms with Crippen molar-refractivity contribution < 1.29 is 18.0 Å². The summed E-state index contributed by atoms with van der Waals surface area (Å²) in [4.78, 5) is 28.6. The molecule has 1 N–H and O–H groups in total. The van der Waals surface area contributed by atoms with Gasteiger partial charge in [0.05, 0.1) is 10.6 Å². The van der Waals surface area contributed by atoms with E-state index in [0.717, 1.165) is 27.4 Å². The molecule has 0 aliphatic heterocycles. The van der Waals surface area contributed by atoms with Crippen LogP contribution in [0.15, 0.2) is 82.2 Å². The third-order valence-electron chi connectivity index (χ3n) is 6.63. The molecule has 39 heavy (non-hydrogen) atoms. The Morgan fingerprint density at radius 2 is 1.51 bits per heavy atom. The molecule has 0 fully saturated rings. The summed E-state index contributed by atoms with van der Waals surface area (Å²) in [7, 11) is -4.10. The van der Waals surface area contributed by atoms with Gasteiger partial charge in [0.2, 0.25) is 11.8 Å². The van der Waals surface area contributed by atoms with Gasteiger partial charge < -0.3 is 10.2 Å². The molecule has 0 saturated heterocycles. The van der Waals surface area contributed by atoms with Crippen molar-refractivity contribution in [2.75, 3.05) is 10.8 Å². The predicted octanol–water partition coefficient (Wildman–Crippen LogP) is 5.59. The molecule has 0 aliphatic carbocycles. The molecule has 3 rings (SSSR count). The van der Waals surface area contributed by atoms with Gasteiger partial charge in [-0.3, -0.25) is 13.9 Å². The van der Waals surface area contributed by atoms with E-state index >= 15 is 0 Å². The van der Waals surface area contributed by atoms with Gasteiger partial charge in [-0.05, 0) is 70.0 Å². The summed E-state index contributed by atoms with van der Waals surface area (Å²) in [5, 5.41) is 2.94. The van der Waals surface area contributed by atoms with Crippen LogP contribution in [0, 0.1) is 13.8 Å². The Labute approximate surface area is 240 Å². The van der Waals surface area contributed by atoms with Gasteiger partial charge in [0.1, 0.15) is 12.6 Å². The Bertz CT molecular complexity index is 1390. The third-order valence-corrected chi connectivity index (χ3v) is 8.91. The first kappa shape index (κ1) is 30.4. The van der Waals surface area contributed by atoms with Crippen LogP contribution < -0.4 is 9.62 Å². The van der Waals surface area contributed by atoms with Crippen molar-refractivity contribution in [2.45, 2.75) is 64.6 Å². The number of halogens is 1. The number of sulfonamides is 1. The van der Waals surface area contributed by atoms with E-state index < -0.39 is 28.5 Å². The minimum Gasteiger partial charge on any atom is -0.352 e. The second-order valence-electron chi connectivity index (χ2n) is 9.81. The number of rotatable bonds is 11. The summed E-state index contributed by atoms with van der Waals surface area (Å²) in [5.74, 6) is -0.779. The highest BCUT2D eigenvalue weighted by Gasteiger charge is 2.32. The molecule has 7 nitrogen and oxygen atoms in total. The molecular formula is C30H36BrN3O4S. The fourth-order valence-corrected chi connectivity index (χ4v) is 5.73. The molecular weight excluding hydrogens is 578 g/mol. The van der Waals surface area contributed by atoms with Crippen molar-refractivity contribution in [3.63, 3.8) is 0 Å². The molecule has 0 aromatic heterocycles. The van der Waals surface area contributed by atoms with E-state index in [4.69, 9.17) is 0 Å². The molecule has 0 heterocycles. The number of nitrogens with zero attached hydrogens (tertiary/aromatic N) is 2. The molecule has 3 aromatic rings. The molecule has 2 amide bonds. The van der Waals surface area contributed by atoms with Crippen molar-refractivity contribution in [2.24, 2.45) is 0 Å². The lowest BCUT2D eigenvalue weighted by Crippen LogP contribution is -2.52. The van der Waals surface area contributed by atoms with Crippen LogP contribution in [0.3, 0.4) is 0 Å². The smallest absolute Gasteiger partial charge is 0.264 e. The zero-order valence-corrected chi connectivity index (χ0v) is 25.4. The quantitative estimate of drug-likeness (QED) is 0.305. The van der Waals surface area contributed by atoms with Gasteiger partial charge in [-0.2, -0.15) is 0 Å². The van der Waals surface area contributed by atoms with E-state index in [9.17, 15) is 18.0 Å². The maximum absolute atomic E-state index is 13.9. The number of benzene rings is 3. The van der Waals surface area contributed by atoms with Crippen LogP contribution >= 0.6 is 15.9 Å². The summed E-state index contributed by atoms with van der Waals surface area (Å²) in [6.07, 6.45) is 0.746. The normalized spacial score (nSPS) is 12.9. The van der Waals surface area contributed by atoms with E-state index in [2.05, 4.69) is 21.2 Å². The van der Waals surface area contributed by atoms with Crippen LogP contribution in [-0.2, 0) is 26.2 Å². The fourth-order valence-electron chi connectivity index (χ4n) is 3.94. The second kappa shape index (κ2) is 13.3. The summed E-state index contributed by atoms with van der Waals surface area (Å²) in [6.45, 7) is 9.07. The summed E-state index contributed by atoms with van der Waals surface area (Å²) in [6, 6.07) is 20.1. The minimum absolute atomic E-state index is 0.0589. The highest BCUT2D eigenvalue weighted by atomic mass is 79.9. The van der Waals surface area contributed by atoms with Crippen LogP contribution in [0.2, 0.25) is 0 Å². The van der Waals surface area contributed by atoms with Crippen LogP contribution in [0.5, 0.6) is 0 Å². The number of hydrogen-bond donors (Lipinski definition) is 1. The molecule has 3 aromatic carbocycles. The highest BCUT2D eigenvalue weighted by Crippen LogP contribution is 2.27. The Morgan fingerprint density at radius 3 is 2.08 bits per heavy atom. The zero-order valence-electron chi connectivity index (χ0n) is 23.0. The Hall–Kier alpha value is -3.17. The van der Waals surface area contributed by atoms with E-state index in [-0.39, 0.29) is 23.4 Å². The number of nitrogens with one attached hydrogen (secondary N) is 1. The number of carbonyl (C=O) groups is 2. The molecule has 208 valence electrons. The van der Waals surface area contributed by atoms with E-state index in [1.165, 1.54) is 17.0 Å². The number of amides is 2. The summed E-state index contributed by atoms with van der Waals surface area (Å²) >= 11 is 3.41. The van der Waals surface area contributed by atoms with Crippen molar-refractivity contribution in [3.8, 4) is 0 Å². The Kier molecular flexibility index (Phi) is 10.3. The molecule has 0 aliphatic rings. The fraction of sp³-hybridized carbons (Fsp3) is 0.333. The van der Waals surface area contributed by atoms with Crippen molar-refractivity contribution in [1.82, 2.24) is 10.2 Å². The molecule has 2 unspecified atom stereocenters. The average molecular weight is 615 g/mol. The lowest BCUT2D eigenvalue weighted by molar-refractivity contribution is -0.139. The van der Waals surface area contributed by atoms with Crippen LogP contribution in [0.1, 0.15) is 43.9 Å². The topological polar surface area (TPSA) is 86.8 Å². The van der Waals surface area contributed by atoms with E-state index in [0.29, 0.717) is 10.2 Å². The largest absolute Gasteiger partial charge is 0.352 e. The van der Waals surface area contributed by atoms with Gasteiger partial charge in [-0.15, -0.1) is 0 Å². The lowest BCUT2D eigenvalue weighted by atomic mass is 10.1. The maximum Gasteiger partial charge on any atom is 0.264 e. The molecule has 9 heteroatoms. The molecule has 0 bridgehead atoms. The molecule has 2 atom stereocenters. The van der Waals surface area contributed by atoms with Crippen LogP contribution in [0.4, 0.5) is 5.69 Å². The summed E-state index contributed by atoms with van der Waals surface area (Å²) in [5.41, 5.74) is 3.17. The van der Waals surface area contributed by atoms with Crippen LogP contribution in [0.25, 0.3) is 0 Å². The van der Waals surface area contributed by atoms with E-state index in [1.807, 2.05) is 52.0 Å². The Balaban J connectivity index is 2.02. The molecule has 0 radical (unpaired) electrons. The van der Waals surface area contributed by atoms with Gasteiger partial charge in [0.15, 0.2) is 0 Å². The predicted molar refractivity (Wildman–Crippen MR) is 159 cm³/mol. The number of carbonyl (C=O) groups excluding carboxylic acids is 2. The van der Waals surface area contributed by atoms with E-state index in [1.54, 1.807) is 43.3 Å². The van der Waals surface area contributed by atoms with Gasteiger partial charge in [-0.25, -0.2) is 8.42 Å². The van der Waals surface area contributed by atoms with Gasteiger partial charge >= 0.3 is 0 Å². The van der Waals surface area contributed by atoms with Gasteiger partial charge in [0, 0.05) is 17.1 Å². The van der Waals surface area contributed by atoms with Gasteiger partial charge in [-0.1, -0.05) is 76.4 Å². The lowest BCUT2D eigenvalue weighted by Gasteiger charge is -2.32. The second-order valence-corrected chi connectivity index (χ2v) is 12.6. The van der Waals surface area contributed by atoms with Gasteiger partial charge in [0.25, 0.3) is 10.0 Å². The standard InChI is InChI=1S/C30H36BrN3O4S/c1-6-23(4)32-30(36)24(5)33(19-25-14-10-21(2)11-15-25)29(35)20-34(27-9-7-8-26(31)18-27)39(37,38)28-16-12-22(3)13-17-28/h7-18,23-24H,6,19-20H2,1-5H3,(H,32,36). The monoisotopic (exact) mass is 613 g/mol. The first-order valence-corrected chi connectivity index (χ1v) is 15.2. The number of aryl methyl sites for hydroxylation is 2. The SMILES string of the molecule is CCC(C)NC(=O)C(C)N(Cc1ccc(C)cc1)C(=O)CN(c1cccc(Br)c1)S(=O)(=O)c1ccc(C)cc1. The summed E-state index contributed by atoms with van der Waals surface area (Å²) < 4.78 is 29.5. The first-order valence-electron chi connectivity index (χ1n) is 12.9. The molecule has 0 saturated carbocycles. The third kappa shape index (κ3) is 7.92. The maximum atomic E-state index is 13.9. The van der Waals surface area contributed by atoms with Crippen LogP contribution in [-0.4, -0.2) is 43.8 Å². The molecule has 0 spiro atoms.